The van der Waals surface area contributed by atoms with Gasteiger partial charge in [0.15, 0.2) is 0 Å². The van der Waals surface area contributed by atoms with Crippen molar-refractivity contribution < 1.29 is 9.21 Å². The van der Waals surface area contributed by atoms with E-state index in [9.17, 15) is 4.79 Å². The van der Waals surface area contributed by atoms with Crippen molar-refractivity contribution in [2.24, 2.45) is 0 Å². The fraction of sp³-hybridized carbons (Fsp3) is 0.438. The normalized spacial score (nSPS) is 15.3. The number of nitrogens with zero attached hydrogens (tertiary/aromatic N) is 4. The van der Waals surface area contributed by atoms with Crippen LogP contribution < -0.4 is 4.90 Å². The second-order valence-electron chi connectivity index (χ2n) is 5.87. The lowest BCUT2D eigenvalue weighted by atomic mass is 10.2. The minimum atomic E-state index is 0.0550. The number of halogens is 1. The summed E-state index contributed by atoms with van der Waals surface area (Å²) >= 11 is 3.40. The number of hydrogen-bond donors (Lipinski definition) is 0. The molecule has 0 N–H and O–H groups in total. The molecule has 7 heteroatoms. The van der Waals surface area contributed by atoms with E-state index in [2.05, 4.69) is 26.1 Å². The summed E-state index contributed by atoms with van der Waals surface area (Å²) in [5, 5.41) is 8.16. The third-order valence-electron chi connectivity index (χ3n) is 3.83. The zero-order valence-electron chi connectivity index (χ0n) is 13.2. The zero-order valence-corrected chi connectivity index (χ0v) is 14.8. The minimum Gasteiger partial charge on any atom is -0.408 e. The monoisotopic (exact) mass is 378 g/mol. The number of anilines is 1. The molecule has 0 aliphatic carbocycles. The van der Waals surface area contributed by atoms with Gasteiger partial charge < -0.3 is 14.2 Å². The predicted molar refractivity (Wildman–Crippen MR) is 90.6 cm³/mol. The summed E-state index contributed by atoms with van der Waals surface area (Å²) in [5.41, 5.74) is 0.702. The van der Waals surface area contributed by atoms with E-state index in [-0.39, 0.29) is 11.8 Å². The summed E-state index contributed by atoms with van der Waals surface area (Å²) in [7, 11) is 0. The first kappa shape index (κ1) is 16.0. The topological polar surface area (TPSA) is 62.5 Å². The molecule has 1 amide bonds. The summed E-state index contributed by atoms with van der Waals surface area (Å²) in [6.45, 7) is 6.71. The number of rotatable bonds is 3. The summed E-state index contributed by atoms with van der Waals surface area (Å²) in [5.74, 6) is 0.919. The predicted octanol–water partition coefficient (Wildman–Crippen LogP) is 2.92. The molecule has 3 rings (SSSR count). The van der Waals surface area contributed by atoms with Crippen LogP contribution in [-0.2, 0) is 0 Å². The van der Waals surface area contributed by atoms with Gasteiger partial charge in [-0.15, -0.1) is 5.10 Å². The molecule has 2 heterocycles. The Morgan fingerprint density at radius 3 is 2.57 bits per heavy atom. The molecule has 1 saturated heterocycles. The van der Waals surface area contributed by atoms with Gasteiger partial charge in [0.25, 0.3) is 5.91 Å². The highest BCUT2D eigenvalue weighted by Gasteiger charge is 2.25. The number of piperazine rings is 1. The molecule has 122 valence electrons. The van der Waals surface area contributed by atoms with E-state index in [4.69, 9.17) is 4.42 Å². The standard InChI is InChI=1S/C16H19BrN4O2/c1-11(2)14-18-19-16(23-14)21-8-6-20(7-9-21)15(22)12-4-3-5-13(17)10-12/h3-5,10-11H,6-9H2,1-2H3. The van der Waals surface area contributed by atoms with Crippen molar-refractivity contribution in [1.29, 1.82) is 0 Å². The van der Waals surface area contributed by atoms with E-state index in [1.165, 1.54) is 0 Å². The van der Waals surface area contributed by atoms with Gasteiger partial charge in [-0.25, -0.2) is 0 Å². The molecule has 1 aromatic carbocycles. The summed E-state index contributed by atoms with van der Waals surface area (Å²) in [6, 6.07) is 8.02. The molecule has 1 aromatic heterocycles. The van der Waals surface area contributed by atoms with Gasteiger partial charge in [-0.3, -0.25) is 4.79 Å². The lowest BCUT2D eigenvalue weighted by Gasteiger charge is -2.33. The Hall–Kier alpha value is -1.89. The van der Waals surface area contributed by atoms with Crippen molar-refractivity contribution >= 4 is 27.9 Å². The molecule has 0 bridgehead atoms. The molecule has 0 spiro atoms. The van der Waals surface area contributed by atoms with Crippen LogP contribution >= 0.6 is 15.9 Å². The Balaban J connectivity index is 1.62. The number of carbonyl (C=O) groups is 1. The van der Waals surface area contributed by atoms with E-state index in [1.807, 2.05) is 47.9 Å². The van der Waals surface area contributed by atoms with E-state index in [1.54, 1.807) is 0 Å². The van der Waals surface area contributed by atoms with Crippen LogP contribution in [0.5, 0.6) is 0 Å². The number of amides is 1. The largest absolute Gasteiger partial charge is 0.408 e. The number of benzene rings is 1. The molecule has 0 radical (unpaired) electrons. The zero-order chi connectivity index (χ0) is 16.4. The Morgan fingerprint density at radius 2 is 1.96 bits per heavy atom. The first-order valence-corrected chi connectivity index (χ1v) is 8.47. The van der Waals surface area contributed by atoms with Gasteiger partial charge in [0, 0.05) is 42.1 Å². The van der Waals surface area contributed by atoms with Crippen molar-refractivity contribution in [3.8, 4) is 0 Å². The van der Waals surface area contributed by atoms with E-state index in [0.29, 0.717) is 43.6 Å². The van der Waals surface area contributed by atoms with Crippen molar-refractivity contribution in [3.63, 3.8) is 0 Å². The Kier molecular flexibility index (Phi) is 4.66. The van der Waals surface area contributed by atoms with Gasteiger partial charge in [0.2, 0.25) is 5.89 Å². The van der Waals surface area contributed by atoms with Crippen molar-refractivity contribution in [1.82, 2.24) is 15.1 Å². The van der Waals surface area contributed by atoms with Crippen molar-refractivity contribution in [3.05, 3.63) is 40.2 Å². The van der Waals surface area contributed by atoms with E-state index >= 15 is 0 Å². The molecule has 1 aliphatic rings. The van der Waals surface area contributed by atoms with Gasteiger partial charge in [-0.2, -0.15) is 0 Å². The highest BCUT2D eigenvalue weighted by atomic mass is 79.9. The molecule has 6 nitrogen and oxygen atoms in total. The highest BCUT2D eigenvalue weighted by Crippen LogP contribution is 2.20. The maximum Gasteiger partial charge on any atom is 0.318 e. The van der Waals surface area contributed by atoms with Gasteiger partial charge in [0.1, 0.15) is 0 Å². The van der Waals surface area contributed by atoms with Crippen LogP contribution in [0.25, 0.3) is 0 Å². The Bertz CT molecular complexity index is 693. The number of hydrogen-bond acceptors (Lipinski definition) is 5. The second kappa shape index (κ2) is 6.70. The molecule has 0 saturated carbocycles. The van der Waals surface area contributed by atoms with Crippen molar-refractivity contribution in [2.45, 2.75) is 19.8 Å². The van der Waals surface area contributed by atoms with Crippen LogP contribution in [0.3, 0.4) is 0 Å². The van der Waals surface area contributed by atoms with Crippen LogP contribution in [-0.4, -0.2) is 47.2 Å². The third kappa shape index (κ3) is 3.55. The SMILES string of the molecule is CC(C)c1nnc(N2CCN(C(=O)c3cccc(Br)c3)CC2)o1. The third-order valence-corrected chi connectivity index (χ3v) is 4.33. The van der Waals surface area contributed by atoms with Crippen molar-refractivity contribution in [2.75, 3.05) is 31.1 Å². The summed E-state index contributed by atoms with van der Waals surface area (Å²) in [4.78, 5) is 16.4. The Morgan fingerprint density at radius 1 is 1.22 bits per heavy atom. The fourth-order valence-corrected chi connectivity index (χ4v) is 2.89. The van der Waals surface area contributed by atoms with Gasteiger partial charge in [-0.05, 0) is 18.2 Å². The van der Waals surface area contributed by atoms with Crippen LogP contribution in [0.1, 0.15) is 36.0 Å². The lowest BCUT2D eigenvalue weighted by molar-refractivity contribution is 0.0745. The average molecular weight is 379 g/mol. The number of aromatic nitrogens is 2. The van der Waals surface area contributed by atoms with E-state index < -0.39 is 0 Å². The van der Waals surface area contributed by atoms with Crippen LogP contribution in [0.15, 0.2) is 33.2 Å². The summed E-state index contributed by atoms with van der Waals surface area (Å²) in [6.07, 6.45) is 0. The maximum atomic E-state index is 12.5. The van der Waals surface area contributed by atoms with Crippen LogP contribution in [0.2, 0.25) is 0 Å². The highest BCUT2D eigenvalue weighted by molar-refractivity contribution is 9.10. The average Bonchev–Trinajstić information content (AvgIpc) is 3.04. The molecule has 0 unspecified atom stereocenters. The number of carbonyl (C=O) groups excluding carboxylic acids is 1. The molecular weight excluding hydrogens is 360 g/mol. The quantitative estimate of drug-likeness (QED) is 0.821. The van der Waals surface area contributed by atoms with Crippen LogP contribution in [0, 0.1) is 0 Å². The molecule has 2 aromatic rings. The van der Waals surface area contributed by atoms with Gasteiger partial charge in [0.05, 0.1) is 0 Å². The fourth-order valence-electron chi connectivity index (χ4n) is 2.49. The smallest absolute Gasteiger partial charge is 0.318 e. The lowest BCUT2D eigenvalue weighted by Crippen LogP contribution is -2.48. The minimum absolute atomic E-state index is 0.0550. The molecule has 1 fully saturated rings. The summed E-state index contributed by atoms with van der Waals surface area (Å²) < 4.78 is 6.59. The molecule has 1 aliphatic heterocycles. The maximum absolute atomic E-state index is 12.5. The van der Waals surface area contributed by atoms with Gasteiger partial charge in [-0.1, -0.05) is 40.9 Å². The Labute approximate surface area is 143 Å². The molecular formula is C16H19BrN4O2. The van der Waals surface area contributed by atoms with Crippen LogP contribution in [0.4, 0.5) is 6.01 Å². The molecule has 0 atom stereocenters. The second-order valence-corrected chi connectivity index (χ2v) is 6.78. The molecule has 23 heavy (non-hydrogen) atoms. The first-order valence-electron chi connectivity index (χ1n) is 7.68. The first-order chi connectivity index (χ1) is 11.0. The van der Waals surface area contributed by atoms with E-state index in [0.717, 1.165) is 4.47 Å². The van der Waals surface area contributed by atoms with Gasteiger partial charge >= 0.3 is 6.01 Å².